The molecule has 0 aliphatic heterocycles. The number of hydrogen-bond acceptors (Lipinski definition) is 2. The van der Waals surface area contributed by atoms with Crippen LogP contribution in [0.25, 0.3) is 0 Å². The van der Waals surface area contributed by atoms with Crippen molar-refractivity contribution in [3.8, 4) is 12.3 Å². The van der Waals surface area contributed by atoms with E-state index < -0.39 is 5.60 Å². The third-order valence-corrected chi connectivity index (χ3v) is 3.46. The van der Waals surface area contributed by atoms with Crippen LogP contribution in [0.3, 0.4) is 0 Å². The fraction of sp³-hybridized carbons (Fsp3) is 0.800. The summed E-state index contributed by atoms with van der Waals surface area (Å²) in [7, 11) is 0. The lowest BCUT2D eigenvalue weighted by atomic mass is 9.79. The van der Waals surface area contributed by atoms with Crippen molar-refractivity contribution in [3.05, 3.63) is 0 Å². The molecule has 0 spiro atoms. The van der Waals surface area contributed by atoms with Crippen LogP contribution in [0.5, 0.6) is 0 Å². The van der Waals surface area contributed by atoms with Gasteiger partial charge in [-0.15, -0.1) is 12.3 Å². The van der Waals surface area contributed by atoms with Gasteiger partial charge in [0.15, 0.2) is 0 Å². The third-order valence-electron chi connectivity index (χ3n) is 3.46. The summed E-state index contributed by atoms with van der Waals surface area (Å²) in [5.74, 6) is 3.75. The number of carbonyl (C=O) groups excluding carboxylic acids is 1. The monoisotopic (exact) mass is 251 g/mol. The Kier molecular flexibility index (Phi) is 5.07. The second-order valence-electron chi connectivity index (χ2n) is 6.21. The van der Waals surface area contributed by atoms with Crippen LogP contribution in [-0.4, -0.2) is 17.7 Å². The molecule has 0 radical (unpaired) electrons. The van der Waals surface area contributed by atoms with E-state index in [0.717, 1.165) is 25.7 Å². The van der Waals surface area contributed by atoms with Crippen LogP contribution in [0.2, 0.25) is 0 Å². The quantitative estimate of drug-likeness (QED) is 0.764. The van der Waals surface area contributed by atoms with E-state index in [1.165, 1.54) is 0 Å². The molecule has 1 aliphatic carbocycles. The molecule has 102 valence electrons. The molecule has 1 unspecified atom stereocenters. The fourth-order valence-electron chi connectivity index (χ4n) is 2.37. The van der Waals surface area contributed by atoms with Gasteiger partial charge in [0.1, 0.15) is 5.60 Å². The predicted octanol–water partition coefficient (Wildman–Crippen LogP) is 3.34. The smallest absolute Gasteiger partial charge is 0.407 e. The molecule has 0 aromatic rings. The Morgan fingerprint density at radius 3 is 2.33 bits per heavy atom. The molecular formula is C15H25NO2. The molecule has 1 aliphatic rings. The maximum Gasteiger partial charge on any atom is 0.407 e. The van der Waals surface area contributed by atoms with E-state index in [1.807, 2.05) is 20.8 Å². The summed E-state index contributed by atoms with van der Waals surface area (Å²) in [5, 5.41) is 2.94. The Balaban J connectivity index is 2.32. The molecular weight excluding hydrogens is 226 g/mol. The van der Waals surface area contributed by atoms with Gasteiger partial charge >= 0.3 is 6.09 Å². The van der Waals surface area contributed by atoms with Crippen molar-refractivity contribution in [1.29, 1.82) is 0 Å². The van der Waals surface area contributed by atoms with E-state index >= 15 is 0 Å². The number of ether oxygens (including phenoxy) is 1. The first-order valence-electron chi connectivity index (χ1n) is 6.77. The van der Waals surface area contributed by atoms with Gasteiger partial charge in [0.25, 0.3) is 0 Å². The Bertz CT molecular complexity index is 316. The van der Waals surface area contributed by atoms with Crippen LogP contribution in [-0.2, 0) is 4.74 Å². The average Bonchev–Trinajstić information content (AvgIpc) is 2.26. The molecule has 18 heavy (non-hydrogen) atoms. The largest absolute Gasteiger partial charge is 0.444 e. The Hall–Kier alpha value is -1.17. The van der Waals surface area contributed by atoms with Crippen molar-refractivity contribution in [3.63, 3.8) is 0 Å². The van der Waals surface area contributed by atoms with Gasteiger partial charge in [-0.25, -0.2) is 4.79 Å². The van der Waals surface area contributed by atoms with Crippen molar-refractivity contribution in [2.75, 3.05) is 0 Å². The van der Waals surface area contributed by atoms with Gasteiger partial charge in [0.05, 0.1) is 0 Å². The minimum Gasteiger partial charge on any atom is -0.444 e. The predicted molar refractivity (Wildman–Crippen MR) is 73.1 cm³/mol. The van der Waals surface area contributed by atoms with Crippen LogP contribution in [0.1, 0.15) is 53.4 Å². The number of carbonyl (C=O) groups is 1. The Labute approximate surface area is 111 Å². The van der Waals surface area contributed by atoms with E-state index in [9.17, 15) is 4.79 Å². The first-order chi connectivity index (χ1) is 8.31. The molecule has 1 rings (SSSR count). The fourth-order valence-corrected chi connectivity index (χ4v) is 2.37. The van der Waals surface area contributed by atoms with Gasteiger partial charge in [-0.1, -0.05) is 6.92 Å². The highest BCUT2D eigenvalue weighted by atomic mass is 16.6. The summed E-state index contributed by atoms with van der Waals surface area (Å²) in [4.78, 5) is 11.6. The van der Waals surface area contributed by atoms with Gasteiger partial charge in [0.2, 0.25) is 0 Å². The van der Waals surface area contributed by atoms with Crippen molar-refractivity contribution in [2.45, 2.75) is 65.0 Å². The number of nitrogens with one attached hydrogen (secondary N) is 1. The summed E-state index contributed by atoms with van der Waals surface area (Å²) in [6.45, 7) is 7.72. The molecule has 3 nitrogen and oxygen atoms in total. The van der Waals surface area contributed by atoms with Gasteiger partial charge in [0, 0.05) is 12.0 Å². The molecule has 0 bridgehead atoms. The lowest BCUT2D eigenvalue weighted by molar-refractivity contribution is 0.0485. The maximum absolute atomic E-state index is 11.6. The molecule has 0 aromatic heterocycles. The first-order valence-corrected chi connectivity index (χ1v) is 6.77. The van der Waals surface area contributed by atoms with Crippen LogP contribution in [0, 0.1) is 24.2 Å². The Morgan fingerprint density at radius 1 is 1.33 bits per heavy atom. The highest BCUT2D eigenvalue weighted by Crippen LogP contribution is 2.29. The minimum absolute atomic E-state index is 0.237. The van der Waals surface area contributed by atoms with Crippen molar-refractivity contribution in [2.24, 2.45) is 11.8 Å². The molecule has 0 saturated heterocycles. The highest BCUT2D eigenvalue weighted by Gasteiger charge is 2.26. The number of terminal acetylenes is 1. The molecule has 0 aromatic carbocycles. The second-order valence-corrected chi connectivity index (χ2v) is 6.21. The van der Waals surface area contributed by atoms with Gasteiger partial charge < -0.3 is 10.1 Å². The number of alkyl carbamates (subject to hydrolysis) is 1. The van der Waals surface area contributed by atoms with E-state index in [0.29, 0.717) is 11.8 Å². The van der Waals surface area contributed by atoms with Crippen molar-refractivity contribution in [1.82, 2.24) is 5.32 Å². The number of amides is 1. The summed E-state index contributed by atoms with van der Waals surface area (Å²) in [6.07, 6.45) is 9.31. The third kappa shape index (κ3) is 5.00. The van der Waals surface area contributed by atoms with Gasteiger partial charge in [-0.05, 0) is 52.4 Å². The zero-order valence-electron chi connectivity index (χ0n) is 12.0. The van der Waals surface area contributed by atoms with Crippen molar-refractivity contribution < 1.29 is 9.53 Å². The van der Waals surface area contributed by atoms with Gasteiger partial charge in [-0.2, -0.15) is 0 Å². The second kappa shape index (κ2) is 6.13. The molecule has 3 heteroatoms. The lowest BCUT2D eigenvalue weighted by Crippen LogP contribution is -2.41. The van der Waals surface area contributed by atoms with Crippen LogP contribution in [0.15, 0.2) is 0 Å². The van der Waals surface area contributed by atoms with E-state index in [-0.39, 0.29) is 12.1 Å². The van der Waals surface area contributed by atoms with Crippen LogP contribution < -0.4 is 5.32 Å². The lowest BCUT2D eigenvalue weighted by Gasteiger charge is -2.31. The van der Waals surface area contributed by atoms with Crippen LogP contribution >= 0.6 is 0 Å². The standard InChI is InChI=1S/C15H25NO2/c1-6-11(2)12-7-9-13(10-8-12)16-14(17)18-15(3,4)5/h1,11-13H,7-10H2,2-5H3,(H,16,17). The van der Waals surface area contributed by atoms with E-state index in [2.05, 4.69) is 18.2 Å². The number of hydrogen-bond donors (Lipinski definition) is 1. The Morgan fingerprint density at radius 2 is 1.89 bits per heavy atom. The SMILES string of the molecule is C#CC(C)C1CCC(NC(=O)OC(C)(C)C)CC1. The van der Waals surface area contributed by atoms with E-state index in [1.54, 1.807) is 0 Å². The minimum atomic E-state index is -0.431. The van der Waals surface area contributed by atoms with Crippen molar-refractivity contribution >= 4 is 6.09 Å². The molecule has 1 fully saturated rings. The zero-order valence-corrected chi connectivity index (χ0v) is 12.0. The van der Waals surface area contributed by atoms with E-state index in [4.69, 9.17) is 11.2 Å². The van der Waals surface area contributed by atoms with Gasteiger partial charge in [-0.3, -0.25) is 0 Å². The molecule has 1 N–H and O–H groups in total. The molecule has 1 saturated carbocycles. The molecule has 1 atom stereocenters. The normalized spacial score (nSPS) is 25.9. The molecule has 1 amide bonds. The average molecular weight is 251 g/mol. The topological polar surface area (TPSA) is 38.3 Å². The summed E-state index contributed by atoms with van der Waals surface area (Å²) in [5.41, 5.74) is -0.431. The highest BCUT2D eigenvalue weighted by molar-refractivity contribution is 5.68. The summed E-state index contributed by atoms with van der Waals surface area (Å²) >= 11 is 0. The maximum atomic E-state index is 11.6. The molecule has 0 heterocycles. The first kappa shape index (κ1) is 14.9. The zero-order chi connectivity index (χ0) is 13.8. The summed E-state index contributed by atoms with van der Waals surface area (Å²) in [6, 6.07) is 0.237. The van der Waals surface area contributed by atoms with Crippen LogP contribution in [0.4, 0.5) is 4.79 Å². The number of rotatable bonds is 2. The summed E-state index contributed by atoms with van der Waals surface area (Å²) < 4.78 is 5.25.